The molecule has 0 spiro atoms. The number of aliphatic hydroxyl groups excluding tert-OH is 1. The maximum atomic E-state index is 12.1. The quantitative estimate of drug-likeness (QED) is 0.820. The summed E-state index contributed by atoms with van der Waals surface area (Å²) in [5.74, 6) is -0.447. The lowest BCUT2D eigenvalue weighted by Gasteiger charge is -2.36. The van der Waals surface area contributed by atoms with E-state index >= 15 is 0 Å². The largest absolute Gasteiger partial charge is 0.394 e. The lowest BCUT2D eigenvalue weighted by molar-refractivity contribution is -0.146. The number of carbonyl (C=O) groups excluding carboxylic acids is 2. The molecule has 2 rings (SSSR count). The molecule has 6 heteroatoms. The highest BCUT2D eigenvalue weighted by Gasteiger charge is 2.27. The molecule has 0 radical (unpaired) electrons. The summed E-state index contributed by atoms with van der Waals surface area (Å²) >= 11 is 0. The fourth-order valence-corrected chi connectivity index (χ4v) is 2.31. The fraction of sp³-hybridized carbons (Fsp3) is 0.467. The van der Waals surface area contributed by atoms with Gasteiger partial charge in [0, 0.05) is 18.7 Å². The highest BCUT2D eigenvalue weighted by atomic mass is 16.5. The van der Waals surface area contributed by atoms with Crippen LogP contribution in [0.3, 0.4) is 0 Å². The van der Waals surface area contributed by atoms with Crippen LogP contribution >= 0.6 is 0 Å². The minimum Gasteiger partial charge on any atom is -0.394 e. The average Bonchev–Trinajstić information content (AvgIpc) is 2.52. The van der Waals surface area contributed by atoms with Crippen LogP contribution in [0, 0.1) is 0 Å². The second-order valence-electron chi connectivity index (χ2n) is 5.10. The Labute approximate surface area is 123 Å². The standard InChI is InChI=1S/C15H20N2O4/c1-11-8-17(9-13(10-18)21-11)14(19)7-16-15(20)12-5-3-2-4-6-12/h2-6,11,13,18H,7-10H2,1H3,(H,16,20). The number of carbonyl (C=O) groups is 2. The van der Waals surface area contributed by atoms with Gasteiger partial charge in [-0.15, -0.1) is 0 Å². The number of rotatable bonds is 4. The van der Waals surface area contributed by atoms with E-state index in [-0.39, 0.29) is 37.2 Å². The second kappa shape index (κ2) is 7.19. The first-order valence-corrected chi connectivity index (χ1v) is 6.97. The third-order valence-electron chi connectivity index (χ3n) is 3.32. The number of aliphatic hydroxyl groups is 1. The molecule has 2 atom stereocenters. The number of nitrogens with zero attached hydrogens (tertiary/aromatic N) is 1. The molecule has 1 aromatic rings. The zero-order valence-corrected chi connectivity index (χ0v) is 12.0. The van der Waals surface area contributed by atoms with Gasteiger partial charge in [-0.25, -0.2) is 0 Å². The molecular weight excluding hydrogens is 272 g/mol. The zero-order chi connectivity index (χ0) is 15.2. The van der Waals surface area contributed by atoms with Crippen molar-refractivity contribution in [2.24, 2.45) is 0 Å². The molecule has 0 bridgehead atoms. The molecular formula is C15H20N2O4. The molecule has 0 saturated carbocycles. The van der Waals surface area contributed by atoms with Gasteiger partial charge in [0.15, 0.2) is 0 Å². The Kier molecular flexibility index (Phi) is 5.30. The molecule has 1 aliphatic rings. The van der Waals surface area contributed by atoms with Gasteiger partial charge in [-0.2, -0.15) is 0 Å². The maximum absolute atomic E-state index is 12.1. The molecule has 1 aromatic carbocycles. The topological polar surface area (TPSA) is 78.9 Å². The van der Waals surface area contributed by atoms with E-state index in [0.717, 1.165) is 0 Å². The van der Waals surface area contributed by atoms with Crippen molar-refractivity contribution in [3.8, 4) is 0 Å². The van der Waals surface area contributed by atoms with Gasteiger partial charge in [0.1, 0.15) is 0 Å². The number of amides is 2. The van der Waals surface area contributed by atoms with Crippen molar-refractivity contribution in [1.29, 1.82) is 0 Å². The van der Waals surface area contributed by atoms with Crippen LogP contribution in [0.4, 0.5) is 0 Å². The average molecular weight is 292 g/mol. The molecule has 114 valence electrons. The molecule has 1 aliphatic heterocycles. The molecule has 2 unspecified atom stereocenters. The molecule has 6 nitrogen and oxygen atoms in total. The highest BCUT2D eigenvalue weighted by Crippen LogP contribution is 2.10. The van der Waals surface area contributed by atoms with Crippen LogP contribution in [0.15, 0.2) is 30.3 Å². The molecule has 21 heavy (non-hydrogen) atoms. The van der Waals surface area contributed by atoms with E-state index < -0.39 is 0 Å². The van der Waals surface area contributed by atoms with Gasteiger partial charge in [-0.1, -0.05) is 18.2 Å². The summed E-state index contributed by atoms with van der Waals surface area (Å²) in [6, 6.07) is 8.75. The second-order valence-corrected chi connectivity index (χ2v) is 5.10. The molecule has 2 amide bonds. The molecule has 2 N–H and O–H groups in total. The van der Waals surface area contributed by atoms with Gasteiger partial charge < -0.3 is 20.1 Å². The van der Waals surface area contributed by atoms with Crippen LogP contribution in [0.25, 0.3) is 0 Å². The zero-order valence-electron chi connectivity index (χ0n) is 12.0. The highest BCUT2D eigenvalue weighted by molar-refractivity contribution is 5.96. The number of hydrogen-bond donors (Lipinski definition) is 2. The summed E-state index contributed by atoms with van der Waals surface area (Å²) in [5, 5.41) is 11.8. The van der Waals surface area contributed by atoms with Crippen LogP contribution in [-0.2, 0) is 9.53 Å². The Morgan fingerprint density at radius 3 is 2.71 bits per heavy atom. The van der Waals surface area contributed by atoms with Crippen LogP contribution in [0.1, 0.15) is 17.3 Å². The number of benzene rings is 1. The summed E-state index contributed by atoms with van der Waals surface area (Å²) in [7, 11) is 0. The smallest absolute Gasteiger partial charge is 0.251 e. The number of hydrogen-bond acceptors (Lipinski definition) is 4. The van der Waals surface area contributed by atoms with E-state index in [0.29, 0.717) is 18.7 Å². The normalized spacial score (nSPS) is 21.9. The summed E-state index contributed by atoms with van der Waals surface area (Å²) < 4.78 is 5.48. The summed E-state index contributed by atoms with van der Waals surface area (Å²) in [6.07, 6.45) is -0.479. The van der Waals surface area contributed by atoms with E-state index in [2.05, 4.69) is 5.32 Å². The summed E-state index contributed by atoms with van der Waals surface area (Å²) in [6.45, 7) is 2.49. The monoisotopic (exact) mass is 292 g/mol. The maximum Gasteiger partial charge on any atom is 0.251 e. The van der Waals surface area contributed by atoms with Crippen molar-refractivity contribution in [3.05, 3.63) is 35.9 Å². The van der Waals surface area contributed by atoms with Gasteiger partial charge in [0.05, 0.1) is 25.4 Å². The van der Waals surface area contributed by atoms with Gasteiger partial charge in [0.25, 0.3) is 5.91 Å². The van der Waals surface area contributed by atoms with Gasteiger partial charge in [-0.05, 0) is 19.1 Å². The molecule has 0 aliphatic carbocycles. The van der Waals surface area contributed by atoms with Crippen molar-refractivity contribution in [2.45, 2.75) is 19.1 Å². The Hall–Kier alpha value is -1.92. The lowest BCUT2D eigenvalue weighted by atomic mass is 10.2. The third kappa shape index (κ3) is 4.27. The van der Waals surface area contributed by atoms with Crippen molar-refractivity contribution < 1.29 is 19.4 Å². The SMILES string of the molecule is CC1CN(C(=O)CNC(=O)c2ccccc2)CC(CO)O1. The number of nitrogens with one attached hydrogen (secondary N) is 1. The fourth-order valence-electron chi connectivity index (χ4n) is 2.31. The minimum atomic E-state index is -0.359. The van der Waals surface area contributed by atoms with E-state index in [1.54, 1.807) is 29.2 Å². The summed E-state index contributed by atoms with van der Waals surface area (Å²) in [5.41, 5.74) is 0.522. The lowest BCUT2D eigenvalue weighted by Crippen LogP contribution is -2.52. The van der Waals surface area contributed by atoms with Crippen LogP contribution in [-0.4, -0.2) is 60.3 Å². The Balaban J connectivity index is 1.85. The minimum absolute atomic E-state index is 0.0569. The predicted octanol–water partition coefficient (Wildman–Crippen LogP) is 0.0246. The van der Waals surface area contributed by atoms with Crippen LogP contribution in [0.5, 0.6) is 0 Å². The van der Waals surface area contributed by atoms with E-state index in [9.17, 15) is 9.59 Å². The van der Waals surface area contributed by atoms with E-state index in [4.69, 9.17) is 9.84 Å². The first-order valence-electron chi connectivity index (χ1n) is 6.97. The van der Waals surface area contributed by atoms with Gasteiger partial charge in [0.2, 0.25) is 5.91 Å². The number of ether oxygens (including phenoxy) is 1. The van der Waals surface area contributed by atoms with Gasteiger partial charge >= 0.3 is 0 Å². The summed E-state index contributed by atoms with van der Waals surface area (Å²) in [4.78, 5) is 25.6. The Morgan fingerprint density at radius 1 is 1.33 bits per heavy atom. The van der Waals surface area contributed by atoms with Crippen molar-refractivity contribution >= 4 is 11.8 Å². The Bertz CT molecular complexity index is 492. The van der Waals surface area contributed by atoms with Crippen LogP contribution in [0.2, 0.25) is 0 Å². The first-order chi connectivity index (χ1) is 10.1. The first kappa shape index (κ1) is 15.5. The Morgan fingerprint density at radius 2 is 2.05 bits per heavy atom. The van der Waals surface area contributed by atoms with E-state index in [1.165, 1.54) is 0 Å². The van der Waals surface area contributed by atoms with Crippen molar-refractivity contribution in [1.82, 2.24) is 10.2 Å². The molecule has 0 aromatic heterocycles. The predicted molar refractivity (Wildman–Crippen MR) is 76.8 cm³/mol. The molecule has 1 fully saturated rings. The number of morpholine rings is 1. The molecule has 1 saturated heterocycles. The van der Waals surface area contributed by atoms with Gasteiger partial charge in [-0.3, -0.25) is 9.59 Å². The van der Waals surface area contributed by atoms with Crippen molar-refractivity contribution in [3.63, 3.8) is 0 Å². The van der Waals surface area contributed by atoms with E-state index in [1.807, 2.05) is 13.0 Å². The third-order valence-corrected chi connectivity index (χ3v) is 3.32. The molecule has 1 heterocycles. The van der Waals surface area contributed by atoms with Crippen molar-refractivity contribution in [2.75, 3.05) is 26.2 Å². The van der Waals surface area contributed by atoms with Crippen LogP contribution < -0.4 is 5.32 Å².